The molecule has 0 N–H and O–H groups in total. The number of amides is 2. The number of ether oxygens (including phenoxy) is 2. The summed E-state index contributed by atoms with van der Waals surface area (Å²) in [6.07, 6.45) is 4.97. The zero-order valence-corrected chi connectivity index (χ0v) is 18.9. The molecule has 6 nitrogen and oxygen atoms in total. The van der Waals surface area contributed by atoms with E-state index in [1.807, 2.05) is 12.1 Å². The van der Waals surface area contributed by atoms with E-state index in [1.165, 1.54) is 24.5 Å². The summed E-state index contributed by atoms with van der Waals surface area (Å²) in [4.78, 5) is 26.3. The number of rotatable bonds is 6. The van der Waals surface area contributed by atoms with E-state index in [0.29, 0.717) is 39.3 Å². The standard InChI is InChI=1S/C25H19BrN2O4/c1-3-10-32-23-19(26)11-14(12-20(23)31-2)13-27-28-24(29)17-8-6-15-4-5-16-7-9-18(25(28)30)22(17)21(15)16/h3,6-9,11-13H,1,4-5,10H2,2H3/b27-13-. The summed E-state index contributed by atoms with van der Waals surface area (Å²) in [5.41, 5.74) is 4.03. The van der Waals surface area contributed by atoms with Gasteiger partial charge in [-0.1, -0.05) is 24.8 Å². The Bertz CT molecular complexity index is 1290. The van der Waals surface area contributed by atoms with E-state index in [0.717, 1.165) is 28.6 Å². The van der Waals surface area contributed by atoms with Crippen LogP contribution in [0.3, 0.4) is 0 Å². The molecule has 0 radical (unpaired) electrons. The first-order chi connectivity index (χ1) is 15.5. The number of benzene rings is 3. The van der Waals surface area contributed by atoms with Gasteiger partial charge in [0.2, 0.25) is 0 Å². The lowest BCUT2D eigenvalue weighted by Gasteiger charge is -2.23. The summed E-state index contributed by atoms with van der Waals surface area (Å²) >= 11 is 3.47. The Morgan fingerprint density at radius 3 is 2.31 bits per heavy atom. The van der Waals surface area contributed by atoms with Crippen LogP contribution in [-0.2, 0) is 12.8 Å². The van der Waals surface area contributed by atoms with Gasteiger partial charge < -0.3 is 9.47 Å². The number of aryl methyl sites for hydroxylation is 2. The van der Waals surface area contributed by atoms with Gasteiger partial charge in [0, 0.05) is 5.39 Å². The van der Waals surface area contributed by atoms with Crippen molar-refractivity contribution in [2.24, 2.45) is 5.10 Å². The Morgan fingerprint density at radius 1 is 1.06 bits per heavy atom. The predicted molar refractivity (Wildman–Crippen MR) is 126 cm³/mol. The van der Waals surface area contributed by atoms with Crippen molar-refractivity contribution in [2.75, 3.05) is 13.7 Å². The lowest BCUT2D eigenvalue weighted by molar-refractivity contribution is 0.0616. The Balaban J connectivity index is 1.52. The predicted octanol–water partition coefficient (Wildman–Crippen LogP) is 4.90. The minimum Gasteiger partial charge on any atom is -0.493 e. The first-order valence-electron chi connectivity index (χ1n) is 10.1. The van der Waals surface area contributed by atoms with Crippen LogP contribution in [0.1, 0.15) is 37.4 Å². The van der Waals surface area contributed by atoms with Crippen molar-refractivity contribution in [3.8, 4) is 11.5 Å². The number of hydrogen-bond donors (Lipinski definition) is 0. The van der Waals surface area contributed by atoms with E-state index >= 15 is 0 Å². The molecule has 0 spiro atoms. The van der Waals surface area contributed by atoms with Gasteiger partial charge in [0.1, 0.15) is 6.61 Å². The normalized spacial score (nSPS) is 14.5. The van der Waals surface area contributed by atoms with Gasteiger partial charge in [-0.15, -0.1) is 0 Å². The minimum atomic E-state index is -0.425. The molecule has 32 heavy (non-hydrogen) atoms. The molecule has 5 rings (SSSR count). The number of hydrazone groups is 1. The molecule has 0 saturated heterocycles. The highest BCUT2D eigenvalue weighted by Crippen LogP contribution is 2.39. The second-order valence-electron chi connectivity index (χ2n) is 7.59. The van der Waals surface area contributed by atoms with Crippen LogP contribution in [0, 0.1) is 0 Å². The maximum absolute atomic E-state index is 13.2. The molecule has 160 valence electrons. The summed E-state index contributed by atoms with van der Waals surface area (Å²) in [5, 5.41) is 6.98. The molecule has 0 atom stereocenters. The molecule has 7 heteroatoms. The van der Waals surface area contributed by atoms with Gasteiger partial charge in [0.05, 0.1) is 28.9 Å². The summed E-state index contributed by atoms with van der Waals surface area (Å²) in [5.74, 6) is 0.178. The molecule has 1 aliphatic carbocycles. The van der Waals surface area contributed by atoms with E-state index in [4.69, 9.17) is 9.47 Å². The van der Waals surface area contributed by atoms with Crippen LogP contribution >= 0.6 is 15.9 Å². The van der Waals surface area contributed by atoms with Gasteiger partial charge in [-0.2, -0.15) is 10.1 Å². The van der Waals surface area contributed by atoms with Crippen LogP contribution in [0.4, 0.5) is 0 Å². The zero-order valence-electron chi connectivity index (χ0n) is 17.4. The average molecular weight is 491 g/mol. The molecule has 3 aromatic rings. The smallest absolute Gasteiger partial charge is 0.282 e. The number of imide groups is 1. The molecule has 2 aliphatic rings. The third-order valence-corrected chi connectivity index (χ3v) is 6.35. The van der Waals surface area contributed by atoms with Crippen molar-refractivity contribution in [2.45, 2.75) is 12.8 Å². The fourth-order valence-electron chi connectivity index (χ4n) is 4.33. The van der Waals surface area contributed by atoms with Crippen molar-refractivity contribution in [3.63, 3.8) is 0 Å². The number of carbonyl (C=O) groups is 2. The van der Waals surface area contributed by atoms with Gasteiger partial charge in [-0.3, -0.25) is 9.59 Å². The second-order valence-corrected chi connectivity index (χ2v) is 8.45. The Morgan fingerprint density at radius 2 is 1.72 bits per heavy atom. The van der Waals surface area contributed by atoms with E-state index < -0.39 is 11.8 Å². The molecule has 2 amide bonds. The number of carbonyl (C=O) groups excluding carboxylic acids is 2. The quantitative estimate of drug-likeness (QED) is 0.279. The Labute approximate surface area is 193 Å². The van der Waals surface area contributed by atoms with Gasteiger partial charge in [-0.05, 0) is 75.1 Å². The van der Waals surface area contributed by atoms with Crippen molar-refractivity contribution in [1.82, 2.24) is 5.01 Å². The lowest BCUT2D eigenvalue weighted by atomic mass is 9.92. The molecule has 3 aromatic carbocycles. The number of methoxy groups -OCH3 is 1. The molecule has 0 bridgehead atoms. The van der Waals surface area contributed by atoms with Gasteiger partial charge in [-0.25, -0.2) is 0 Å². The first-order valence-corrected chi connectivity index (χ1v) is 10.9. The first kappa shape index (κ1) is 20.5. The molecule has 0 aromatic heterocycles. The van der Waals surface area contributed by atoms with Crippen molar-refractivity contribution >= 4 is 44.7 Å². The highest BCUT2D eigenvalue weighted by atomic mass is 79.9. The molecule has 0 saturated carbocycles. The summed E-state index contributed by atoms with van der Waals surface area (Å²) in [7, 11) is 1.54. The molecular formula is C25H19BrN2O4. The third-order valence-electron chi connectivity index (χ3n) is 5.76. The van der Waals surface area contributed by atoms with Gasteiger partial charge >= 0.3 is 0 Å². The lowest BCUT2D eigenvalue weighted by Crippen LogP contribution is -2.36. The fourth-order valence-corrected chi connectivity index (χ4v) is 4.91. The average Bonchev–Trinajstić information content (AvgIpc) is 3.22. The summed E-state index contributed by atoms with van der Waals surface area (Å²) in [6.45, 7) is 3.97. The maximum atomic E-state index is 13.2. The van der Waals surface area contributed by atoms with Crippen LogP contribution < -0.4 is 9.47 Å². The topological polar surface area (TPSA) is 68.2 Å². The second kappa shape index (κ2) is 7.91. The monoisotopic (exact) mass is 490 g/mol. The van der Waals surface area contributed by atoms with Crippen LogP contribution in [0.15, 0.2) is 58.6 Å². The minimum absolute atomic E-state index is 0.327. The van der Waals surface area contributed by atoms with E-state index in [9.17, 15) is 9.59 Å². The molecule has 0 fully saturated rings. The maximum Gasteiger partial charge on any atom is 0.282 e. The number of hydrogen-bond acceptors (Lipinski definition) is 5. The van der Waals surface area contributed by atoms with Crippen LogP contribution in [0.25, 0.3) is 10.8 Å². The Kier molecular flexibility index (Phi) is 5.06. The van der Waals surface area contributed by atoms with E-state index in [1.54, 1.807) is 30.3 Å². The van der Waals surface area contributed by atoms with Crippen molar-refractivity contribution in [1.29, 1.82) is 0 Å². The SMILES string of the molecule is C=CCOc1c(Br)cc(/C=N\N2C(=O)c3ccc4c5c(ccc(c35)C2=O)CC4)cc1OC. The van der Waals surface area contributed by atoms with E-state index in [2.05, 4.69) is 27.6 Å². The molecule has 0 unspecified atom stereocenters. The molecular weight excluding hydrogens is 472 g/mol. The van der Waals surface area contributed by atoms with Gasteiger partial charge in [0.15, 0.2) is 11.5 Å². The van der Waals surface area contributed by atoms with Gasteiger partial charge in [0.25, 0.3) is 11.8 Å². The fraction of sp³-hybridized carbons (Fsp3) is 0.160. The van der Waals surface area contributed by atoms with Crippen LogP contribution in [0.2, 0.25) is 0 Å². The Hall–Kier alpha value is -3.45. The molecule has 1 aliphatic heterocycles. The number of nitrogens with zero attached hydrogens (tertiary/aromatic N) is 2. The van der Waals surface area contributed by atoms with Crippen molar-refractivity contribution in [3.05, 3.63) is 81.3 Å². The highest BCUT2D eigenvalue weighted by molar-refractivity contribution is 9.10. The van der Waals surface area contributed by atoms with E-state index in [-0.39, 0.29) is 0 Å². The third kappa shape index (κ3) is 3.12. The molecule has 1 heterocycles. The highest BCUT2D eigenvalue weighted by Gasteiger charge is 2.35. The summed E-state index contributed by atoms with van der Waals surface area (Å²) in [6, 6.07) is 11.1. The number of halogens is 1. The zero-order chi connectivity index (χ0) is 22.4. The largest absolute Gasteiger partial charge is 0.493 e. The van der Waals surface area contributed by atoms with Crippen LogP contribution in [-0.4, -0.2) is 36.8 Å². The van der Waals surface area contributed by atoms with Crippen LogP contribution in [0.5, 0.6) is 11.5 Å². The van der Waals surface area contributed by atoms with Crippen molar-refractivity contribution < 1.29 is 19.1 Å². The summed E-state index contributed by atoms with van der Waals surface area (Å²) < 4.78 is 11.7.